The number of amides is 1. The molecule has 8 heteroatoms. The molecule has 0 bridgehead atoms. The lowest BCUT2D eigenvalue weighted by atomic mass is 10.4. The quantitative estimate of drug-likeness (QED) is 0.287. The molecule has 138 valence electrons. The topological polar surface area (TPSA) is 73.9 Å². The Bertz CT molecular complexity index is 579. The van der Waals surface area contributed by atoms with Crippen LogP contribution in [0, 0.1) is 0 Å². The van der Waals surface area contributed by atoms with E-state index in [4.69, 9.17) is 25.8 Å². The van der Waals surface area contributed by atoms with E-state index in [1.165, 1.54) is 18.9 Å². The lowest BCUT2D eigenvalue weighted by Gasteiger charge is -2.17. The van der Waals surface area contributed by atoms with Gasteiger partial charge in [0.1, 0.15) is 12.7 Å². The number of methoxy groups -OCH3 is 1. The first-order valence-electron chi connectivity index (χ1n) is 7.56. The highest BCUT2D eigenvalue weighted by Crippen LogP contribution is 2.21. The van der Waals surface area contributed by atoms with Crippen molar-refractivity contribution in [2.24, 2.45) is 0 Å². The molecular formula is C17H22ClNO5S. The summed E-state index contributed by atoms with van der Waals surface area (Å²) in [4.78, 5) is 24.0. The second kappa shape index (κ2) is 11.8. The van der Waals surface area contributed by atoms with Crippen molar-refractivity contribution in [3.63, 3.8) is 0 Å². The van der Waals surface area contributed by atoms with E-state index in [0.29, 0.717) is 16.3 Å². The maximum absolute atomic E-state index is 11.8. The highest BCUT2D eigenvalue weighted by molar-refractivity contribution is 7.99. The molecular weight excluding hydrogens is 366 g/mol. The summed E-state index contributed by atoms with van der Waals surface area (Å²) in [6.07, 6.45) is -1.01. The third-order valence-electron chi connectivity index (χ3n) is 2.83. The van der Waals surface area contributed by atoms with E-state index in [-0.39, 0.29) is 19.8 Å². The van der Waals surface area contributed by atoms with Gasteiger partial charge in [0.15, 0.2) is 0 Å². The number of benzene rings is 1. The highest BCUT2D eigenvalue weighted by atomic mass is 35.5. The minimum atomic E-state index is -0.592. The molecule has 1 aromatic rings. The van der Waals surface area contributed by atoms with Crippen molar-refractivity contribution in [1.82, 2.24) is 5.32 Å². The van der Waals surface area contributed by atoms with Crippen LogP contribution in [0.5, 0.6) is 0 Å². The summed E-state index contributed by atoms with van der Waals surface area (Å²) >= 11 is 7.38. The zero-order valence-electron chi connectivity index (χ0n) is 14.2. The van der Waals surface area contributed by atoms with Gasteiger partial charge in [0.2, 0.25) is 0 Å². The van der Waals surface area contributed by atoms with Gasteiger partial charge in [-0.1, -0.05) is 18.2 Å². The van der Waals surface area contributed by atoms with Crippen LogP contribution in [-0.4, -0.2) is 50.8 Å². The molecule has 1 unspecified atom stereocenters. The normalized spacial score (nSPS) is 11.5. The van der Waals surface area contributed by atoms with Gasteiger partial charge < -0.3 is 19.5 Å². The van der Waals surface area contributed by atoms with Gasteiger partial charge in [0.25, 0.3) is 0 Å². The number of nitrogens with one attached hydrogen (secondary N) is 1. The van der Waals surface area contributed by atoms with E-state index in [1.807, 2.05) is 12.1 Å². The summed E-state index contributed by atoms with van der Waals surface area (Å²) in [5, 5.41) is 3.19. The van der Waals surface area contributed by atoms with E-state index in [9.17, 15) is 9.59 Å². The van der Waals surface area contributed by atoms with Crippen LogP contribution >= 0.6 is 23.4 Å². The molecule has 0 aliphatic rings. The number of alkyl carbamates (subject to hydrolysis) is 1. The predicted octanol–water partition coefficient (Wildman–Crippen LogP) is 3.29. The minimum Gasteiger partial charge on any atom is -0.460 e. The molecule has 1 amide bonds. The molecule has 0 saturated heterocycles. The Kier molecular flexibility index (Phi) is 10.1. The number of carbonyl (C=O) groups is 2. The monoisotopic (exact) mass is 387 g/mol. The number of ether oxygens (including phenoxy) is 3. The van der Waals surface area contributed by atoms with Gasteiger partial charge in [0, 0.05) is 28.4 Å². The fraction of sp³-hybridized carbons (Fsp3) is 0.412. The van der Waals surface area contributed by atoms with Crippen LogP contribution in [0.1, 0.15) is 6.92 Å². The summed E-state index contributed by atoms with van der Waals surface area (Å²) in [7, 11) is 1.54. The van der Waals surface area contributed by atoms with Gasteiger partial charge in [-0.3, -0.25) is 0 Å². The van der Waals surface area contributed by atoms with Crippen LogP contribution in [0.15, 0.2) is 41.3 Å². The van der Waals surface area contributed by atoms with Gasteiger partial charge in [-0.25, -0.2) is 9.59 Å². The molecule has 1 N–H and O–H groups in total. The number of halogens is 1. The first-order chi connectivity index (χ1) is 11.9. The second-order valence-electron chi connectivity index (χ2n) is 5.09. The number of hydrogen-bond donors (Lipinski definition) is 1. The maximum Gasteiger partial charge on any atom is 0.407 e. The van der Waals surface area contributed by atoms with E-state index in [2.05, 4.69) is 11.9 Å². The summed E-state index contributed by atoms with van der Waals surface area (Å²) in [6, 6.07) is 7.39. The zero-order valence-corrected chi connectivity index (χ0v) is 15.8. The molecule has 1 rings (SSSR count). The number of carbonyl (C=O) groups excluding carboxylic acids is 2. The Balaban J connectivity index is 2.32. The van der Waals surface area contributed by atoms with E-state index in [1.54, 1.807) is 19.1 Å². The van der Waals surface area contributed by atoms with Crippen LogP contribution in [0.3, 0.4) is 0 Å². The second-order valence-corrected chi connectivity index (χ2v) is 6.62. The van der Waals surface area contributed by atoms with Crippen molar-refractivity contribution < 1.29 is 23.8 Å². The van der Waals surface area contributed by atoms with E-state index >= 15 is 0 Å². The largest absolute Gasteiger partial charge is 0.460 e. The molecule has 0 aliphatic carbocycles. The third kappa shape index (κ3) is 9.38. The molecule has 0 fully saturated rings. The van der Waals surface area contributed by atoms with Crippen LogP contribution < -0.4 is 5.32 Å². The van der Waals surface area contributed by atoms with Crippen molar-refractivity contribution >= 4 is 35.4 Å². The fourth-order valence-corrected chi connectivity index (χ4v) is 2.63. The Morgan fingerprint density at radius 1 is 1.32 bits per heavy atom. The first kappa shape index (κ1) is 21.3. The van der Waals surface area contributed by atoms with Crippen molar-refractivity contribution in [1.29, 1.82) is 0 Å². The van der Waals surface area contributed by atoms with E-state index in [0.717, 1.165) is 4.90 Å². The third-order valence-corrected chi connectivity index (χ3v) is 4.22. The lowest BCUT2D eigenvalue weighted by molar-refractivity contribution is -0.138. The molecule has 0 saturated carbocycles. The van der Waals surface area contributed by atoms with E-state index < -0.39 is 18.2 Å². The zero-order chi connectivity index (χ0) is 18.7. The molecule has 1 aromatic carbocycles. The van der Waals surface area contributed by atoms with Gasteiger partial charge in [-0.05, 0) is 31.2 Å². The molecule has 0 radical (unpaired) electrons. The Hall–Kier alpha value is -1.70. The van der Waals surface area contributed by atoms with Gasteiger partial charge >= 0.3 is 12.1 Å². The molecule has 0 aliphatic heterocycles. The van der Waals surface area contributed by atoms with Gasteiger partial charge in [0.05, 0.1) is 13.2 Å². The molecule has 0 aromatic heterocycles. The molecule has 0 heterocycles. The molecule has 25 heavy (non-hydrogen) atoms. The van der Waals surface area contributed by atoms with Crippen LogP contribution in [-0.2, 0) is 19.0 Å². The average molecular weight is 388 g/mol. The van der Waals surface area contributed by atoms with Crippen LogP contribution in [0.2, 0.25) is 5.02 Å². The SMILES string of the molecule is C=C(C)C(=O)OCCNC(=O)OC(COC)CSc1ccc(Cl)cc1. The number of esters is 1. The summed E-state index contributed by atoms with van der Waals surface area (Å²) in [6.45, 7) is 5.50. The number of rotatable bonds is 10. The molecule has 0 spiro atoms. The van der Waals surface area contributed by atoms with Crippen molar-refractivity contribution in [2.45, 2.75) is 17.9 Å². The smallest absolute Gasteiger partial charge is 0.407 e. The first-order valence-corrected chi connectivity index (χ1v) is 8.93. The molecule has 1 atom stereocenters. The average Bonchev–Trinajstić information content (AvgIpc) is 2.58. The maximum atomic E-state index is 11.8. The standard InChI is InChI=1S/C17H22ClNO5S/c1-12(2)16(20)23-9-8-19-17(21)24-14(10-22-3)11-25-15-6-4-13(18)5-7-15/h4-7,14H,1,8-11H2,2-3H3,(H,19,21). The number of thioether (sulfide) groups is 1. The Labute approximate surface area is 156 Å². The minimum absolute atomic E-state index is 0.0509. The van der Waals surface area contributed by atoms with Gasteiger partial charge in [-0.15, -0.1) is 11.8 Å². The summed E-state index contributed by atoms with van der Waals surface area (Å²) in [5.74, 6) is 0.0415. The van der Waals surface area contributed by atoms with Crippen LogP contribution in [0.4, 0.5) is 4.79 Å². The lowest BCUT2D eigenvalue weighted by Crippen LogP contribution is -2.34. The summed E-state index contributed by atoms with van der Waals surface area (Å²) in [5.41, 5.74) is 0.307. The predicted molar refractivity (Wildman–Crippen MR) is 98.1 cm³/mol. The Morgan fingerprint density at radius 3 is 2.60 bits per heavy atom. The molecule has 6 nitrogen and oxygen atoms in total. The Morgan fingerprint density at radius 2 is 2.00 bits per heavy atom. The van der Waals surface area contributed by atoms with Gasteiger partial charge in [-0.2, -0.15) is 0 Å². The number of hydrogen-bond acceptors (Lipinski definition) is 6. The fourth-order valence-electron chi connectivity index (χ4n) is 1.64. The highest BCUT2D eigenvalue weighted by Gasteiger charge is 2.15. The van der Waals surface area contributed by atoms with Crippen LogP contribution in [0.25, 0.3) is 0 Å². The summed E-state index contributed by atoms with van der Waals surface area (Å²) < 4.78 is 15.3. The van der Waals surface area contributed by atoms with Crippen molar-refractivity contribution in [3.05, 3.63) is 41.4 Å². The van der Waals surface area contributed by atoms with Crippen molar-refractivity contribution in [3.8, 4) is 0 Å². The van der Waals surface area contributed by atoms with Crippen molar-refractivity contribution in [2.75, 3.05) is 32.6 Å².